The SMILES string of the molecule is CC(C)OCCCNC(=O)c1ccc(N2CCCC2)c(S(=O)(=O)N2CCCC2)c1. The molecule has 0 aliphatic carbocycles. The number of nitrogens with one attached hydrogen (secondary N) is 1. The summed E-state index contributed by atoms with van der Waals surface area (Å²) in [6.07, 6.45) is 4.78. The highest BCUT2D eigenvalue weighted by Crippen LogP contribution is 2.32. The lowest BCUT2D eigenvalue weighted by Crippen LogP contribution is -2.31. The Morgan fingerprint density at radius 1 is 1.10 bits per heavy atom. The van der Waals surface area contributed by atoms with Crippen LogP contribution < -0.4 is 10.2 Å². The van der Waals surface area contributed by atoms with E-state index >= 15 is 0 Å². The molecule has 1 amide bonds. The number of anilines is 1. The Labute approximate surface area is 174 Å². The van der Waals surface area contributed by atoms with Crippen molar-refractivity contribution >= 4 is 21.6 Å². The van der Waals surface area contributed by atoms with Gasteiger partial charge in [-0.05, 0) is 64.2 Å². The molecule has 0 atom stereocenters. The van der Waals surface area contributed by atoms with E-state index in [-0.39, 0.29) is 16.9 Å². The molecule has 2 saturated heterocycles. The van der Waals surface area contributed by atoms with Crippen LogP contribution in [0.25, 0.3) is 0 Å². The summed E-state index contributed by atoms with van der Waals surface area (Å²) < 4.78 is 33.6. The molecule has 2 fully saturated rings. The Hall–Kier alpha value is -1.64. The van der Waals surface area contributed by atoms with Crippen molar-refractivity contribution in [2.45, 2.75) is 57.0 Å². The van der Waals surface area contributed by atoms with Crippen LogP contribution in [-0.2, 0) is 14.8 Å². The van der Waals surface area contributed by atoms with Gasteiger partial charge in [0.1, 0.15) is 4.90 Å². The van der Waals surface area contributed by atoms with Gasteiger partial charge >= 0.3 is 0 Å². The smallest absolute Gasteiger partial charge is 0.251 e. The summed E-state index contributed by atoms with van der Waals surface area (Å²) in [4.78, 5) is 15.0. The van der Waals surface area contributed by atoms with E-state index in [9.17, 15) is 13.2 Å². The predicted octanol–water partition coefficient (Wildman–Crippen LogP) is 2.62. The molecular formula is C21H33N3O4S. The number of nitrogens with zero attached hydrogens (tertiary/aromatic N) is 2. The van der Waals surface area contributed by atoms with Crippen LogP contribution >= 0.6 is 0 Å². The summed E-state index contributed by atoms with van der Waals surface area (Å²) in [7, 11) is -3.61. The molecule has 2 aliphatic rings. The topological polar surface area (TPSA) is 79.0 Å². The molecule has 162 valence electrons. The maximum Gasteiger partial charge on any atom is 0.251 e. The third-order valence-corrected chi connectivity index (χ3v) is 7.34. The van der Waals surface area contributed by atoms with Crippen molar-refractivity contribution in [1.29, 1.82) is 0 Å². The average molecular weight is 424 g/mol. The molecule has 8 heteroatoms. The van der Waals surface area contributed by atoms with Gasteiger partial charge in [-0.3, -0.25) is 4.79 Å². The summed E-state index contributed by atoms with van der Waals surface area (Å²) in [5.41, 5.74) is 1.10. The van der Waals surface area contributed by atoms with Crippen LogP contribution in [0.5, 0.6) is 0 Å². The maximum atomic E-state index is 13.3. The van der Waals surface area contributed by atoms with Gasteiger partial charge in [-0.15, -0.1) is 0 Å². The molecule has 7 nitrogen and oxygen atoms in total. The second kappa shape index (κ2) is 9.91. The van der Waals surface area contributed by atoms with Crippen LogP contribution in [0.2, 0.25) is 0 Å². The first kappa shape index (κ1) is 22.1. The van der Waals surface area contributed by atoms with Crippen molar-refractivity contribution in [1.82, 2.24) is 9.62 Å². The van der Waals surface area contributed by atoms with E-state index in [1.165, 1.54) is 0 Å². The minimum Gasteiger partial charge on any atom is -0.379 e. The van der Waals surface area contributed by atoms with Crippen LogP contribution in [-0.4, -0.2) is 64.1 Å². The van der Waals surface area contributed by atoms with E-state index in [2.05, 4.69) is 10.2 Å². The summed E-state index contributed by atoms with van der Waals surface area (Å²) in [5.74, 6) is -0.250. The van der Waals surface area contributed by atoms with Gasteiger partial charge in [-0.1, -0.05) is 0 Å². The minimum absolute atomic E-state index is 0.169. The zero-order chi connectivity index (χ0) is 20.9. The minimum atomic E-state index is -3.61. The normalized spacial score (nSPS) is 18.0. The summed E-state index contributed by atoms with van der Waals surface area (Å²) in [6.45, 7) is 7.83. The second-order valence-corrected chi connectivity index (χ2v) is 9.92. The van der Waals surface area contributed by atoms with E-state index in [0.29, 0.717) is 38.2 Å². The van der Waals surface area contributed by atoms with Crippen molar-refractivity contribution in [3.8, 4) is 0 Å². The molecule has 0 radical (unpaired) electrons. The van der Waals surface area contributed by atoms with E-state index in [4.69, 9.17) is 4.74 Å². The van der Waals surface area contributed by atoms with Gasteiger partial charge in [0.2, 0.25) is 10.0 Å². The van der Waals surface area contributed by atoms with E-state index in [1.807, 2.05) is 13.8 Å². The van der Waals surface area contributed by atoms with Crippen molar-refractivity contribution in [3.05, 3.63) is 23.8 Å². The lowest BCUT2D eigenvalue weighted by atomic mass is 10.2. The van der Waals surface area contributed by atoms with Gasteiger partial charge in [-0.2, -0.15) is 4.31 Å². The Morgan fingerprint density at radius 2 is 1.76 bits per heavy atom. The maximum absolute atomic E-state index is 13.3. The fourth-order valence-electron chi connectivity index (χ4n) is 3.84. The first-order valence-electron chi connectivity index (χ1n) is 10.7. The third kappa shape index (κ3) is 5.49. The van der Waals surface area contributed by atoms with Crippen molar-refractivity contribution in [3.63, 3.8) is 0 Å². The van der Waals surface area contributed by atoms with Gasteiger partial charge in [0.15, 0.2) is 0 Å². The lowest BCUT2D eigenvalue weighted by Gasteiger charge is -2.24. The quantitative estimate of drug-likeness (QED) is 0.618. The molecule has 1 aromatic carbocycles. The number of benzene rings is 1. The number of carbonyl (C=O) groups excluding carboxylic acids is 1. The second-order valence-electron chi connectivity index (χ2n) is 8.02. The molecule has 0 aromatic heterocycles. The van der Waals surface area contributed by atoms with E-state index < -0.39 is 10.0 Å². The van der Waals surface area contributed by atoms with E-state index in [1.54, 1.807) is 22.5 Å². The van der Waals surface area contributed by atoms with Crippen LogP contribution in [0.1, 0.15) is 56.3 Å². The standard InChI is InChI=1S/C21H33N3O4S/c1-17(2)28-15-7-10-22-21(25)18-8-9-19(23-11-3-4-12-23)20(16-18)29(26,27)24-13-5-6-14-24/h8-9,16-17H,3-7,10-15H2,1-2H3,(H,22,25). The fourth-order valence-corrected chi connectivity index (χ4v) is 5.60. The summed E-state index contributed by atoms with van der Waals surface area (Å²) in [6, 6.07) is 5.09. The molecular weight excluding hydrogens is 390 g/mol. The first-order chi connectivity index (χ1) is 13.9. The monoisotopic (exact) mass is 423 g/mol. The van der Waals surface area contributed by atoms with E-state index in [0.717, 1.165) is 44.5 Å². The molecule has 2 heterocycles. The van der Waals surface area contributed by atoms with Crippen molar-refractivity contribution < 1.29 is 17.9 Å². The molecule has 0 saturated carbocycles. The number of ether oxygens (including phenoxy) is 1. The molecule has 0 spiro atoms. The molecule has 1 aromatic rings. The lowest BCUT2D eigenvalue weighted by molar-refractivity contribution is 0.0757. The highest BCUT2D eigenvalue weighted by molar-refractivity contribution is 7.89. The Balaban J connectivity index is 1.78. The Kier molecular flexibility index (Phi) is 7.54. The highest BCUT2D eigenvalue weighted by Gasteiger charge is 2.32. The zero-order valence-corrected chi connectivity index (χ0v) is 18.3. The van der Waals surface area contributed by atoms with Gasteiger partial charge in [0, 0.05) is 44.9 Å². The van der Waals surface area contributed by atoms with Gasteiger partial charge in [0.05, 0.1) is 11.8 Å². The van der Waals surface area contributed by atoms with Gasteiger partial charge in [-0.25, -0.2) is 8.42 Å². The first-order valence-corrected chi connectivity index (χ1v) is 12.1. The third-order valence-electron chi connectivity index (χ3n) is 5.41. The van der Waals surface area contributed by atoms with Crippen molar-refractivity contribution in [2.24, 2.45) is 0 Å². The largest absolute Gasteiger partial charge is 0.379 e. The van der Waals surface area contributed by atoms with Gasteiger partial charge < -0.3 is 15.0 Å². The molecule has 0 unspecified atom stereocenters. The van der Waals surface area contributed by atoms with Crippen LogP contribution in [0.3, 0.4) is 0 Å². The number of amides is 1. The molecule has 0 bridgehead atoms. The van der Waals surface area contributed by atoms with Crippen LogP contribution in [0, 0.1) is 0 Å². The molecule has 1 N–H and O–H groups in total. The highest BCUT2D eigenvalue weighted by atomic mass is 32.2. The van der Waals surface area contributed by atoms with Crippen LogP contribution in [0.15, 0.2) is 23.1 Å². The number of rotatable bonds is 9. The van der Waals surface area contributed by atoms with Crippen LogP contribution in [0.4, 0.5) is 5.69 Å². The number of hydrogen-bond acceptors (Lipinski definition) is 5. The Morgan fingerprint density at radius 3 is 2.41 bits per heavy atom. The van der Waals surface area contributed by atoms with Crippen molar-refractivity contribution in [2.75, 3.05) is 44.2 Å². The number of hydrogen-bond donors (Lipinski definition) is 1. The molecule has 3 rings (SSSR count). The number of sulfonamides is 1. The summed E-state index contributed by atoms with van der Waals surface area (Å²) >= 11 is 0. The van der Waals surface area contributed by atoms with Gasteiger partial charge in [0.25, 0.3) is 5.91 Å². The zero-order valence-electron chi connectivity index (χ0n) is 17.5. The molecule has 2 aliphatic heterocycles. The fraction of sp³-hybridized carbons (Fsp3) is 0.667. The molecule has 29 heavy (non-hydrogen) atoms. The predicted molar refractivity (Wildman–Crippen MR) is 114 cm³/mol. The number of carbonyl (C=O) groups is 1. The Bertz CT molecular complexity index is 798. The average Bonchev–Trinajstić information content (AvgIpc) is 3.41. The summed E-state index contributed by atoms with van der Waals surface area (Å²) in [5, 5.41) is 2.87.